The molecule has 0 fully saturated rings. The maximum Gasteiger partial charge on any atom is 0.306 e. The van der Waals surface area contributed by atoms with Crippen LogP contribution in [0.15, 0.2) is 24.3 Å². The zero-order valence-electron chi connectivity index (χ0n) is 54.0. The molecule has 0 radical (unpaired) electrons. The number of esters is 2. The van der Waals surface area contributed by atoms with E-state index >= 15 is 0 Å². The van der Waals surface area contributed by atoms with Crippen molar-refractivity contribution in [1.82, 2.24) is 0 Å². The molecular weight excluding hydrogens is 995 g/mol. The molecule has 9 nitrogen and oxygen atoms in total. The first-order valence-corrected chi connectivity index (χ1v) is 35.0. The van der Waals surface area contributed by atoms with Crippen LogP contribution >= 0.6 is 0 Å². The van der Waals surface area contributed by atoms with Gasteiger partial charge in [0.25, 0.3) is 0 Å². The Labute approximate surface area is 497 Å². The van der Waals surface area contributed by atoms with Crippen LogP contribution in [0.5, 0.6) is 0 Å². The number of hydrogen-bond acceptors (Lipinski definition) is 8. The van der Waals surface area contributed by atoms with Gasteiger partial charge < -0.3 is 33.3 Å². The maximum absolute atomic E-state index is 12.9. The molecular formula is C71H135NO8. The minimum atomic E-state index is -1.62. The Morgan fingerprint density at radius 3 is 0.925 bits per heavy atom. The van der Waals surface area contributed by atoms with E-state index in [1.807, 2.05) is 21.1 Å². The molecule has 0 aromatic rings. The van der Waals surface area contributed by atoms with Gasteiger partial charge in [0.05, 0.1) is 40.3 Å². The second kappa shape index (κ2) is 62.8. The van der Waals surface area contributed by atoms with Crippen LogP contribution in [0.2, 0.25) is 0 Å². The molecule has 0 aromatic heterocycles. The van der Waals surface area contributed by atoms with Gasteiger partial charge in [0.1, 0.15) is 13.2 Å². The van der Waals surface area contributed by atoms with Crippen molar-refractivity contribution in [2.24, 2.45) is 0 Å². The predicted molar refractivity (Wildman–Crippen MR) is 339 cm³/mol. The van der Waals surface area contributed by atoms with Gasteiger partial charge in [0, 0.05) is 12.8 Å². The number of carbonyl (C=O) groups excluding carboxylic acids is 3. The Morgan fingerprint density at radius 2 is 0.637 bits per heavy atom. The van der Waals surface area contributed by atoms with Gasteiger partial charge in [0.2, 0.25) is 0 Å². The molecule has 9 heteroatoms. The average molecular weight is 1130 g/mol. The van der Waals surface area contributed by atoms with Gasteiger partial charge in [-0.25, -0.2) is 0 Å². The number of unbranched alkanes of at least 4 members (excludes halogenated alkanes) is 47. The van der Waals surface area contributed by atoms with Crippen LogP contribution in [0.4, 0.5) is 0 Å². The van der Waals surface area contributed by atoms with Gasteiger partial charge >= 0.3 is 11.9 Å². The molecule has 0 amide bonds. The molecule has 0 bridgehead atoms. The third-order valence-corrected chi connectivity index (χ3v) is 15.9. The Bertz CT molecular complexity index is 1360. The fourth-order valence-electron chi connectivity index (χ4n) is 10.5. The van der Waals surface area contributed by atoms with E-state index in [0.29, 0.717) is 11.0 Å². The molecule has 0 saturated carbocycles. The first-order valence-electron chi connectivity index (χ1n) is 35.0. The molecule has 0 aliphatic heterocycles. The summed E-state index contributed by atoms with van der Waals surface area (Å²) in [5.74, 6) is -2.27. The van der Waals surface area contributed by atoms with E-state index in [0.717, 1.165) is 57.8 Å². The van der Waals surface area contributed by atoms with E-state index in [1.165, 1.54) is 270 Å². The summed E-state index contributed by atoms with van der Waals surface area (Å²) in [5.41, 5.74) is 0. The second-order valence-corrected chi connectivity index (χ2v) is 25.2. The highest BCUT2D eigenvalue weighted by atomic mass is 16.7. The minimum absolute atomic E-state index is 0.149. The Hall–Kier alpha value is -2.23. The topological polar surface area (TPSA) is 111 Å². The van der Waals surface area contributed by atoms with Gasteiger partial charge in [-0.15, -0.1) is 0 Å². The SMILES string of the molecule is CCCCCCC/C=C\CCCCCCCC(=O)OCC(COC(OCC[N+](C)(C)C)C(=O)[O-])OC(=O)CCCCCCCCCCCCCCCCCCCCCCCCCCCCCCC/C=C\CCCCCCCCCC. The van der Waals surface area contributed by atoms with Gasteiger partial charge in [-0.2, -0.15) is 0 Å². The molecule has 472 valence electrons. The second-order valence-electron chi connectivity index (χ2n) is 25.2. The monoisotopic (exact) mass is 1130 g/mol. The molecule has 0 saturated heterocycles. The molecule has 0 aliphatic rings. The van der Waals surface area contributed by atoms with E-state index in [2.05, 4.69) is 38.2 Å². The van der Waals surface area contributed by atoms with E-state index in [1.54, 1.807) is 0 Å². The smallest absolute Gasteiger partial charge is 0.306 e. The molecule has 0 rings (SSSR count). The zero-order valence-corrected chi connectivity index (χ0v) is 54.0. The average Bonchev–Trinajstić information content (AvgIpc) is 3.43. The van der Waals surface area contributed by atoms with Crippen LogP contribution in [0, 0.1) is 0 Å². The molecule has 0 aliphatic carbocycles. The van der Waals surface area contributed by atoms with Gasteiger partial charge in [-0.05, 0) is 64.2 Å². The third kappa shape index (κ3) is 63.4. The number of quaternary nitrogens is 1. The number of allylic oxidation sites excluding steroid dienone is 4. The molecule has 0 aromatic carbocycles. The van der Waals surface area contributed by atoms with Crippen molar-refractivity contribution < 1.29 is 42.9 Å². The van der Waals surface area contributed by atoms with Gasteiger partial charge in [-0.3, -0.25) is 9.59 Å². The molecule has 0 N–H and O–H groups in total. The van der Waals surface area contributed by atoms with Crippen molar-refractivity contribution in [1.29, 1.82) is 0 Å². The van der Waals surface area contributed by atoms with Crippen molar-refractivity contribution in [3.8, 4) is 0 Å². The number of carboxylic acid groups (broad SMARTS) is 1. The lowest BCUT2D eigenvalue weighted by Crippen LogP contribution is -2.44. The number of nitrogens with zero attached hydrogens (tertiary/aromatic N) is 1. The third-order valence-electron chi connectivity index (χ3n) is 15.9. The summed E-state index contributed by atoms with van der Waals surface area (Å²) in [6, 6.07) is 0. The molecule has 0 spiro atoms. The quantitative estimate of drug-likeness (QED) is 0.0195. The highest BCUT2D eigenvalue weighted by Gasteiger charge is 2.22. The minimum Gasteiger partial charge on any atom is -0.545 e. The Kier molecular flexibility index (Phi) is 61.1. The summed E-state index contributed by atoms with van der Waals surface area (Å²) in [6.07, 6.45) is 74.4. The predicted octanol–water partition coefficient (Wildman–Crippen LogP) is 20.1. The highest BCUT2D eigenvalue weighted by Crippen LogP contribution is 2.19. The van der Waals surface area contributed by atoms with Crippen LogP contribution in [-0.2, 0) is 33.3 Å². The van der Waals surface area contributed by atoms with E-state index in [9.17, 15) is 19.5 Å². The van der Waals surface area contributed by atoms with Crippen LogP contribution in [0.1, 0.15) is 354 Å². The Balaban J connectivity index is 3.87. The lowest BCUT2D eigenvalue weighted by Gasteiger charge is -2.26. The highest BCUT2D eigenvalue weighted by molar-refractivity contribution is 5.70. The van der Waals surface area contributed by atoms with E-state index in [4.69, 9.17) is 18.9 Å². The number of carbonyl (C=O) groups is 3. The Morgan fingerprint density at radius 1 is 0.362 bits per heavy atom. The van der Waals surface area contributed by atoms with Crippen molar-refractivity contribution in [2.45, 2.75) is 367 Å². The fraction of sp³-hybridized carbons (Fsp3) is 0.901. The number of aliphatic carboxylic acids is 1. The first-order chi connectivity index (χ1) is 39.1. The van der Waals surface area contributed by atoms with Crippen molar-refractivity contribution >= 4 is 17.9 Å². The summed E-state index contributed by atoms with van der Waals surface area (Å²) < 4.78 is 22.7. The summed E-state index contributed by atoms with van der Waals surface area (Å²) in [7, 11) is 5.93. The number of ether oxygens (including phenoxy) is 4. The zero-order chi connectivity index (χ0) is 58.3. The lowest BCUT2D eigenvalue weighted by molar-refractivity contribution is -0.870. The molecule has 2 atom stereocenters. The van der Waals surface area contributed by atoms with Gasteiger partial charge in [0.15, 0.2) is 12.4 Å². The summed E-state index contributed by atoms with van der Waals surface area (Å²) in [4.78, 5) is 37.3. The van der Waals surface area contributed by atoms with Crippen molar-refractivity contribution in [3.63, 3.8) is 0 Å². The van der Waals surface area contributed by atoms with Gasteiger partial charge in [-0.1, -0.05) is 301 Å². The number of rotatable bonds is 66. The fourth-order valence-corrected chi connectivity index (χ4v) is 10.5. The molecule has 80 heavy (non-hydrogen) atoms. The summed E-state index contributed by atoms with van der Waals surface area (Å²) in [6.45, 7) is 4.78. The van der Waals surface area contributed by atoms with Crippen LogP contribution in [0.25, 0.3) is 0 Å². The van der Waals surface area contributed by atoms with Crippen molar-refractivity contribution in [2.75, 3.05) is 47.5 Å². The van der Waals surface area contributed by atoms with Crippen LogP contribution in [0.3, 0.4) is 0 Å². The number of hydrogen-bond donors (Lipinski definition) is 0. The standard InChI is InChI=1S/C71H135NO8/c1-6-8-10-12-14-16-18-20-22-23-24-25-26-27-28-29-30-31-32-33-34-35-36-37-38-39-40-41-42-43-44-45-46-47-48-50-52-54-56-58-60-62-69(74)80-67(66-79-71(70(75)76)77-64-63-72(3,4)5)65-78-68(73)61-59-57-55-53-51-49-21-19-17-15-13-11-9-7-2/h19,21,23-24,67,71H,6-18,20,22,25-66H2,1-5H3/b21-19-,24-23-. The summed E-state index contributed by atoms with van der Waals surface area (Å²) in [5, 5.41) is 11.8. The molecule has 2 unspecified atom stereocenters. The van der Waals surface area contributed by atoms with E-state index < -0.39 is 24.3 Å². The number of likely N-dealkylation sites (N-methyl/N-ethyl adjacent to an activating group) is 1. The maximum atomic E-state index is 12.9. The van der Waals surface area contributed by atoms with Crippen LogP contribution < -0.4 is 5.11 Å². The first kappa shape index (κ1) is 77.8. The lowest BCUT2D eigenvalue weighted by atomic mass is 10.0. The summed E-state index contributed by atoms with van der Waals surface area (Å²) >= 11 is 0. The number of carboxylic acids is 1. The normalized spacial score (nSPS) is 12.8. The largest absolute Gasteiger partial charge is 0.545 e. The molecule has 0 heterocycles. The van der Waals surface area contributed by atoms with E-state index in [-0.39, 0.29) is 38.6 Å². The van der Waals surface area contributed by atoms with Crippen LogP contribution in [-0.4, -0.2) is 82.3 Å². The van der Waals surface area contributed by atoms with Crippen molar-refractivity contribution in [3.05, 3.63) is 24.3 Å².